The van der Waals surface area contributed by atoms with E-state index < -0.39 is 19.0 Å². The van der Waals surface area contributed by atoms with Crippen LogP contribution in [-0.4, -0.2) is 45.7 Å². The lowest BCUT2D eigenvalue weighted by Crippen LogP contribution is -2.07. The maximum absolute atomic E-state index is 12.9. The Bertz CT molecular complexity index is 1730. The fraction of sp³-hybridized carbons (Fsp3) is 0.286. The molecule has 1 aliphatic rings. The number of rotatable bonds is 11. The van der Waals surface area contributed by atoms with Crippen LogP contribution in [0.1, 0.15) is 30.5 Å². The van der Waals surface area contributed by atoms with E-state index in [9.17, 15) is 9.12 Å². The van der Waals surface area contributed by atoms with E-state index in [1.54, 1.807) is 12.5 Å². The summed E-state index contributed by atoms with van der Waals surface area (Å²) < 4.78 is 36.3. The van der Waals surface area contributed by atoms with E-state index in [2.05, 4.69) is 37.7 Å². The summed E-state index contributed by atoms with van der Waals surface area (Å²) in [5.41, 5.74) is 5.16. The molecule has 1 atom stereocenters. The topological polar surface area (TPSA) is 146 Å². The fourth-order valence-electron chi connectivity index (χ4n) is 4.77. The number of H-pyrrole nitrogens is 1. The number of phosphoric acid groups is 1. The Morgan fingerprint density at radius 3 is 2.85 bits per heavy atom. The van der Waals surface area contributed by atoms with Gasteiger partial charge in [0.15, 0.2) is 4.90 Å². The molecule has 10 nitrogen and oxygen atoms in total. The van der Waals surface area contributed by atoms with Crippen molar-refractivity contribution in [1.82, 2.24) is 19.5 Å². The molecule has 0 bridgehead atoms. The highest BCUT2D eigenvalue weighted by atomic mass is 32.2. The van der Waals surface area contributed by atoms with Crippen LogP contribution in [-0.2, 0) is 33.4 Å². The maximum atomic E-state index is 12.9. The van der Waals surface area contributed by atoms with E-state index in [0.717, 1.165) is 56.4 Å². The van der Waals surface area contributed by atoms with Crippen molar-refractivity contribution in [3.05, 3.63) is 72.4 Å². The molecule has 0 radical (unpaired) electrons. The number of aromatic amines is 1. The first-order valence-electron chi connectivity index (χ1n) is 13.0. The first-order chi connectivity index (χ1) is 19.2. The first kappa shape index (κ1) is 27.0. The van der Waals surface area contributed by atoms with E-state index in [0.29, 0.717) is 31.0 Å². The Kier molecular flexibility index (Phi) is 7.43. The third kappa shape index (κ3) is 5.95. The number of imidazole rings is 1. The monoisotopic (exact) mass is 580 g/mol. The number of hydrogen-bond donors (Lipinski definition) is 3. The van der Waals surface area contributed by atoms with E-state index in [-0.39, 0.29) is 11.9 Å². The van der Waals surface area contributed by atoms with Crippen LogP contribution in [0.25, 0.3) is 33.1 Å². The molecule has 3 aromatic heterocycles. The molecule has 12 heteroatoms. The Morgan fingerprint density at radius 1 is 1.20 bits per heavy atom. The van der Waals surface area contributed by atoms with E-state index in [4.69, 9.17) is 14.5 Å². The zero-order chi connectivity index (χ0) is 27.9. The molecule has 1 fully saturated rings. The summed E-state index contributed by atoms with van der Waals surface area (Å²) in [5.74, 6) is 0.716. The number of phosphoric ester groups is 1. The van der Waals surface area contributed by atoms with Crippen LogP contribution < -0.4 is 4.74 Å². The van der Waals surface area contributed by atoms with Gasteiger partial charge in [0.2, 0.25) is 0 Å². The van der Waals surface area contributed by atoms with Crippen molar-refractivity contribution in [3.8, 4) is 16.9 Å². The van der Waals surface area contributed by atoms with Crippen LogP contribution in [0.3, 0.4) is 0 Å². The summed E-state index contributed by atoms with van der Waals surface area (Å²) in [6, 6.07) is 14.1. The number of nitrogens with one attached hydrogen (secondary N) is 1. The molecule has 0 aliphatic heterocycles. The molecule has 5 aromatic rings. The zero-order valence-corrected chi connectivity index (χ0v) is 23.5. The van der Waals surface area contributed by atoms with Crippen LogP contribution in [0.2, 0.25) is 0 Å². The minimum Gasteiger partial charge on any atom is -0.611 e. The summed E-state index contributed by atoms with van der Waals surface area (Å²) >= 11 is -0.986. The zero-order valence-electron chi connectivity index (χ0n) is 21.8. The van der Waals surface area contributed by atoms with Gasteiger partial charge < -0.3 is 28.6 Å². The highest BCUT2D eigenvalue weighted by Gasteiger charge is 2.35. The van der Waals surface area contributed by atoms with Crippen molar-refractivity contribution < 1.29 is 28.2 Å². The average Bonchev–Trinajstić information content (AvgIpc) is 3.57. The third-order valence-corrected chi connectivity index (χ3v) is 9.06. The molecular weight excluding hydrogens is 551 g/mol. The Balaban J connectivity index is 1.23. The molecule has 1 saturated carbocycles. The van der Waals surface area contributed by atoms with Gasteiger partial charge in [-0.15, -0.1) is 0 Å². The molecule has 0 saturated heterocycles. The van der Waals surface area contributed by atoms with Gasteiger partial charge in [0.25, 0.3) is 0 Å². The molecular formula is C28H29N4O6PS. The van der Waals surface area contributed by atoms with Crippen molar-refractivity contribution in [1.29, 1.82) is 0 Å². The highest BCUT2D eigenvalue weighted by Crippen LogP contribution is 2.41. The second-order valence-electron chi connectivity index (χ2n) is 9.99. The molecule has 208 valence electrons. The average molecular weight is 581 g/mol. The minimum atomic E-state index is -4.54. The molecule has 3 heterocycles. The predicted octanol–water partition coefficient (Wildman–Crippen LogP) is 5.24. The summed E-state index contributed by atoms with van der Waals surface area (Å²) in [7, 11) is -4.54. The van der Waals surface area contributed by atoms with Gasteiger partial charge in [-0.3, -0.25) is 4.52 Å². The largest absolute Gasteiger partial charge is 0.611 e. The van der Waals surface area contributed by atoms with Crippen molar-refractivity contribution in [3.63, 3.8) is 0 Å². The Morgan fingerprint density at radius 2 is 2.05 bits per heavy atom. The van der Waals surface area contributed by atoms with Crippen LogP contribution in [0.5, 0.6) is 5.75 Å². The smallest absolute Gasteiger partial charge is 0.469 e. The van der Waals surface area contributed by atoms with Crippen LogP contribution >= 0.6 is 7.82 Å². The van der Waals surface area contributed by atoms with Crippen molar-refractivity contribution >= 4 is 40.9 Å². The highest BCUT2D eigenvalue weighted by molar-refractivity contribution is 7.92. The molecule has 1 aliphatic carbocycles. The normalized spacial score (nSPS) is 14.7. The van der Waals surface area contributed by atoms with Crippen LogP contribution in [0.15, 0.2) is 66.1 Å². The standard InChI is InChI=1S/C28H29N4O6PS/c1-18-12-24-26-23(19-4-2-5-22(13-19)40(36)21-6-7-21)8-9-25(27(26)31-28(24)29-14-18)37-11-3-10-32-15-20(30-17-32)16-38-39(33,34)35/h2,4-5,8-9,12-15,17,21H,3,6-7,10-11,16H2,1H3,(H,29,31)(H2,33,34,35). The predicted molar refractivity (Wildman–Crippen MR) is 152 cm³/mol. The quantitative estimate of drug-likeness (QED) is 0.109. The lowest BCUT2D eigenvalue weighted by atomic mass is 9.99. The van der Waals surface area contributed by atoms with Gasteiger partial charge in [-0.05, 0) is 65.5 Å². The van der Waals surface area contributed by atoms with Gasteiger partial charge in [-0.1, -0.05) is 12.1 Å². The van der Waals surface area contributed by atoms with Crippen molar-refractivity contribution in [2.24, 2.45) is 0 Å². The number of fused-ring (bicyclic) bond motifs is 3. The fourth-order valence-corrected chi connectivity index (χ4v) is 6.48. The second-order valence-corrected chi connectivity index (χ2v) is 13.0. The number of hydrogen-bond acceptors (Lipinski definition) is 6. The van der Waals surface area contributed by atoms with Gasteiger partial charge >= 0.3 is 7.82 Å². The first-order valence-corrected chi connectivity index (χ1v) is 15.7. The van der Waals surface area contributed by atoms with Gasteiger partial charge in [-0.25, -0.2) is 14.5 Å². The van der Waals surface area contributed by atoms with Crippen molar-refractivity contribution in [2.75, 3.05) is 6.61 Å². The van der Waals surface area contributed by atoms with Gasteiger partial charge in [0, 0.05) is 48.6 Å². The molecule has 3 N–H and O–H groups in total. The summed E-state index contributed by atoms with van der Waals surface area (Å²) in [6.45, 7) is 2.82. The number of aromatic nitrogens is 4. The van der Waals surface area contributed by atoms with Gasteiger partial charge in [0.05, 0.1) is 24.1 Å². The van der Waals surface area contributed by atoms with Crippen LogP contribution in [0.4, 0.5) is 0 Å². The van der Waals surface area contributed by atoms with Crippen molar-refractivity contribution in [2.45, 2.75) is 49.5 Å². The molecule has 1 unspecified atom stereocenters. The number of pyridine rings is 1. The van der Waals surface area contributed by atoms with E-state index >= 15 is 0 Å². The number of ether oxygens (including phenoxy) is 1. The summed E-state index contributed by atoms with van der Waals surface area (Å²) in [5, 5.41) is 2.29. The van der Waals surface area contributed by atoms with Gasteiger partial charge in [-0.2, -0.15) is 0 Å². The second kappa shape index (κ2) is 11.0. The van der Waals surface area contributed by atoms with Gasteiger partial charge in [0.1, 0.15) is 23.3 Å². The maximum Gasteiger partial charge on any atom is 0.469 e. The molecule has 40 heavy (non-hydrogen) atoms. The molecule has 0 spiro atoms. The summed E-state index contributed by atoms with van der Waals surface area (Å²) in [6.07, 6.45) is 7.86. The van der Waals surface area contributed by atoms with Crippen LogP contribution in [0, 0.1) is 6.92 Å². The Hall–Kier alpha value is -3.18. The molecule has 0 amide bonds. The molecule has 2 aromatic carbocycles. The lowest BCUT2D eigenvalue weighted by Gasteiger charge is -2.13. The minimum absolute atomic E-state index is 0.259. The Labute approximate surface area is 233 Å². The molecule has 6 rings (SSSR count). The lowest BCUT2D eigenvalue weighted by molar-refractivity contribution is 0.187. The van der Waals surface area contributed by atoms with E-state index in [1.165, 1.54) is 0 Å². The summed E-state index contributed by atoms with van der Waals surface area (Å²) in [4.78, 5) is 30.8. The number of benzene rings is 2. The number of nitrogens with zero attached hydrogens (tertiary/aromatic N) is 3. The van der Waals surface area contributed by atoms with E-state index in [1.807, 2.05) is 42.0 Å². The SMILES string of the molecule is Cc1cnc2[nH]c3c(OCCCn4cnc(COP(=O)(O)O)c4)ccc(-c4cccc([S+]([O-])C5CC5)c4)c3c2c1. The third-order valence-electron chi connectivity index (χ3n) is 6.79. The number of aryl methyl sites for hydroxylation is 2.